The van der Waals surface area contributed by atoms with Gasteiger partial charge in [0.1, 0.15) is 5.92 Å². The van der Waals surface area contributed by atoms with Gasteiger partial charge in [-0.1, -0.05) is 38.5 Å². The Bertz CT molecular complexity index is 448. The lowest BCUT2D eigenvalue weighted by Crippen LogP contribution is -2.31. The predicted molar refractivity (Wildman–Crippen MR) is 84.1 cm³/mol. The molecule has 2 aliphatic carbocycles. The third kappa shape index (κ3) is 3.36. The molecule has 0 aromatic carbocycles. The number of hydrogen-bond acceptors (Lipinski definition) is 2. The highest BCUT2D eigenvalue weighted by molar-refractivity contribution is 5.71. The number of fused-ring (bicyclic) bond motifs is 1. The molecule has 0 saturated carbocycles. The predicted octanol–water partition coefficient (Wildman–Crippen LogP) is 4.29. The van der Waals surface area contributed by atoms with Gasteiger partial charge in [0.2, 0.25) is 0 Å². The smallest absolute Gasteiger partial charge is 0.275 e. The molecule has 5 atom stereocenters. The first-order valence-corrected chi connectivity index (χ1v) is 8.38. The molecule has 3 rings (SSSR count). The number of hydrogen-bond donors (Lipinski definition) is 0. The zero-order valence-electron chi connectivity index (χ0n) is 13.1. The fourth-order valence-electron chi connectivity index (χ4n) is 3.99. The van der Waals surface area contributed by atoms with Gasteiger partial charge in [-0.15, -0.1) is 6.42 Å². The van der Waals surface area contributed by atoms with E-state index in [2.05, 4.69) is 44.9 Å². The van der Waals surface area contributed by atoms with Crippen LogP contribution in [0.5, 0.6) is 0 Å². The summed E-state index contributed by atoms with van der Waals surface area (Å²) in [6.45, 7) is 4.61. The highest BCUT2D eigenvalue weighted by Crippen LogP contribution is 2.43. The topological polar surface area (TPSA) is 26.3 Å². The van der Waals surface area contributed by atoms with Crippen molar-refractivity contribution >= 4 is 5.97 Å². The highest BCUT2D eigenvalue weighted by atomic mass is 16.5. The lowest BCUT2D eigenvalue weighted by molar-refractivity contribution is -0.151. The number of rotatable bonds is 3. The lowest BCUT2D eigenvalue weighted by Gasteiger charge is -2.35. The van der Waals surface area contributed by atoms with Crippen molar-refractivity contribution in [1.29, 1.82) is 0 Å². The van der Waals surface area contributed by atoms with Gasteiger partial charge in [0.15, 0.2) is 0 Å². The third-order valence-electron chi connectivity index (χ3n) is 5.21. The van der Waals surface area contributed by atoms with Gasteiger partial charge in [0.25, 0.3) is 5.97 Å². The van der Waals surface area contributed by atoms with E-state index in [9.17, 15) is 4.79 Å². The Balaban J connectivity index is 1.62. The Kier molecular flexibility index (Phi) is 4.42. The van der Waals surface area contributed by atoms with Crippen LogP contribution in [0.15, 0.2) is 23.8 Å². The molecular weight excluding hydrogens is 260 g/mol. The number of carbonyl (C=O) groups is 1. The molecule has 21 heavy (non-hydrogen) atoms. The van der Waals surface area contributed by atoms with E-state index in [0.29, 0.717) is 30.1 Å². The van der Waals surface area contributed by atoms with E-state index in [0.717, 1.165) is 19.3 Å². The van der Waals surface area contributed by atoms with Crippen LogP contribution in [0.3, 0.4) is 0 Å². The number of esters is 1. The first kappa shape index (κ1) is 14.7. The number of carbonyl (C=O) groups excluding carboxylic acids is 1. The van der Waals surface area contributed by atoms with Gasteiger partial charge in [-0.25, -0.2) is 0 Å². The lowest BCUT2D eigenvalue weighted by atomic mass is 9.66. The van der Waals surface area contributed by atoms with E-state index in [4.69, 9.17) is 4.74 Å². The van der Waals surface area contributed by atoms with Crippen LogP contribution in [-0.2, 0) is 9.53 Å². The number of ether oxygens (including phenoxy) is 1. The van der Waals surface area contributed by atoms with Crippen molar-refractivity contribution in [1.82, 2.24) is 0 Å². The summed E-state index contributed by atoms with van der Waals surface area (Å²) in [4.78, 5) is 11.4. The molecule has 2 nitrogen and oxygen atoms in total. The quantitative estimate of drug-likeness (QED) is 0.571. The first-order chi connectivity index (χ1) is 10.1. The van der Waals surface area contributed by atoms with Gasteiger partial charge in [0.05, 0.1) is 18.9 Å². The maximum Gasteiger partial charge on any atom is 0.275 e. The third-order valence-corrected chi connectivity index (χ3v) is 5.21. The molecule has 0 unspecified atom stereocenters. The van der Waals surface area contributed by atoms with E-state index < -0.39 is 0 Å². The number of cyclic esters (lactones) is 1. The number of allylic oxidation sites excluding steroid dienone is 4. The van der Waals surface area contributed by atoms with Gasteiger partial charge in [0, 0.05) is 11.8 Å². The second-order valence-corrected chi connectivity index (χ2v) is 6.94. The highest BCUT2D eigenvalue weighted by Gasteiger charge is 2.39. The molecule has 3 aliphatic rings. The molecule has 2 heteroatoms. The molecule has 0 bridgehead atoms. The van der Waals surface area contributed by atoms with Crippen molar-refractivity contribution in [3.8, 4) is 0 Å². The van der Waals surface area contributed by atoms with Gasteiger partial charge in [-0.2, -0.15) is 0 Å². The average molecular weight is 286 g/mol. The van der Waals surface area contributed by atoms with Crippen LogP contribution in [0.2, 0.25) is 0 Å². The van der Waals surface area contributed by atoms with Gasteiger partial charge in [-0.05, 0) is 24.3 Å². The van der Waals surface area contributed by atoms with Crippen LogP contribution < -0.4 is 0 Å². The fraction of sp³-hybridized carbons (Fsp3) is 0.632. The van der Waals surface area contributed by atoms with Crippen LogP contribution in [0.1, 0.15) is 46.0 Å². The maximum atomic E-state index is 11.4. The maximum absolute atomic E-state index is 11.4. The van der Waals surface area contributed by atoms with Crippen molar-refractivity contribution in [3.63, 3.8) is 0 Å². The van der Waals surface area contributed by atoms with Crippen molar-refractivity contribution in [3.05, 3.63) is 36.6 Å². The largest absolute Gasteiger partial charge is 0.467 e. The molecule has 0 N–H and O–H groups in total. The Labute approximate surface area is 128 Å². The zero-order valence-corrected chi connectivity index (χ0v) is 13.1. The standard InChI is InChI=1S/C19H26O2/c1-13-6-10-18-15(12-13)8-7-14(2)17(18)11-9-16-4-3-5-19(20)21-16/h3,7-8,10,12-14,16-18H,4-6,9,11H2,1-2H3/t13-,14+,16+,17+,18+/m1/s1. The second kappa shape index (κ2) is 6.29. The summed E-state index contributed by atoms with van der Waals surface area (Å²) in [5.74, 6) is 2.49. The first-order valence-electron chi connectivity index (χ1n) is 8.38. The second-order valence-electron chi connectivity index (χ2n) is 6.94. The van der Waals surface area contributed by atoms with Crippen LogP contribution in [-0.4, -0.2) is 12.1 Å². The summed E-state index contributed by atoms with van der Waals surface area (Å²) >= 11 is 0. The zero-order chi connectivity index (χ0) is 14.8. The van der Waals surface area contributed by atoms with Crippen LogP contribution in [0, 0.1) is 36.5 Å². The Hall–Kier alpha value is -1.18. The van der Waals surface area contributed by atoms with E-state index in [-0.39, 0.29) is 12.1 Å². The Morgan fingerprint density at radius 3 is 3.05 bits per heavy atom. The molecule has 0 amide bonds. The van der Waals surface area contributed by atoms with Gasteiger partial charge in [-0.3, -0.25) is 4.79 Å². The van der Waals surface area contributed by atoms with Crippen molar-refractivity contribution < 1.29 is 9.53 Å². The van der Waals surface area contributed by atoms with Crippen LogP contribution in [0.25, 0.3) is 0 Å². The summed E-state index contributed by atoms with van der Waals surface area (Å²) in [5, 5.41) is 0. The Morgan fingerprint density at radius 1 is 1.38 bits per heavy atom. The van der Waals surface area contributed by atoms with E-state index >= 15 is 0 Å². The van der Waals surface area contributed by atoms with E-state index in [1.807, 2.05) is 0 Å². The average Bonchev–Trinajstić information content (AvgIpc) is 2.46. The van der Waals surface area contributed by atoms with Crippen molar-refractivity contribution in [2.45, 2.75) is 52.1 Å². The molecule has 1 aliphatic heterocycles. The molecule has 0 aromatic rings. The van der Waals surface area contributed by atoms with Gasteiger partial charge >= 0.3 is 0 Å². The van der Waals surface area contributed by atoms with E-state index in [1.54, 1.807) is 0 Å². The van der Waals surface area contributed by atoms with Gasteiger partial charge < -0.3 is 11.2 Å². The molecule has 114 valence electrons. The molecule has 0 spiro atoms. The van der Waals surface area contributed by atoms with Crippen LogP contribution in [0.4, 0.5) is 0 Å². The molecule has 1 heterocycles. The summed E-state index contributed by atoms with van der Waals surface area (Å²) in [5.41, 5.74) is 1.50. The van der Waals surface area contributed by atoms with Crippen molar-refractivity contribution in [2.24, 2.45) is 23.7 Å². The van der Waals surface area contributed by atoms with Crippen LogP contribution >= 0.6 is 0 Å². The summed E-state index contributed by atoms with van der Waals surface area (Å²) in [6, 6.07) is 0. The molecule has 1 saturated heterocycles. The van der Waals surface area contributed by atoms with Crippen molar-refractivity contribution in [2.75, 3.05) is 0 Å². The molecule has 0 radical (unpaired) electrons. The summed E-state index contributed by atoms with van der Waals surface area (Å²) in [6.07, 6.45) is 16.6. The van der Waals surface area contributed by atoms with E-state index in [1.165, 1.54) is 12.0 Å². The molecular formula is C19H26O2. The minimum absolute atomic E-state index is 0.0542. The minimum Gasteiger partial charge on any atom is -0.467 e. The monoisotopic (exact) mass is 286 g/mol. The molecule has 1 fully saturated rings. The normalized spacial score (nSPS) is 39.0. The Morgan fingerprint density at radius 2 is 2.24 bits per heavy atom. The minimum atomic E-state index is -0.0542. The fourth-order valence-corrected chi connectivity index (χ4v) is 3.99. The summed E-state index contributed by atoms with van der Waals surface area (Å²) < 4.78 is 5.45. The SMILES string of the molecule is C[C@H]1C=C2C=C[C@H](C)[C@H](CC[C@@H]3C[CH-]CC(=O)O3)[C@H]2[CH+]C1. The molecule has 0 aromatic heterocycles. The summed E-state index contributed by atoms with van der Waals surface area (Å²) in [7, 11) is 0.